The summed E-state index contributed by atoms with van der Waals surface area (Å²) < 4.78 is 32.4. The van der Waals surface area contributed by atoms with E-state index in [0.717, 1.165) is 22.3 Å². The summed E-state index contributed by atoms with van der Waals surface area (Å²) in [6.07, 6.45) is 2.37. The molecule has 0 saturated heterocycles. The SMILES string of the molecule is Cc1cc(C)c(C(CO)NS(=O)(=O)CCOCC2CC2)c(C)c1. The topological polar surface area (TPSA) is 75.6 Å². The van der Waals surface area contributed by atoms with Crippen molar-refractivity contribution in [2.75, 3.05) is 25.6 Å². The molecule has 6 heteroatoms. The zero-order valence-corrected chi connectivity index (χ0v) is 14.9. The molecule has 0 aliphatic heterocycles. The molecular formula is C17H27NO4S. The van der Waals surface area contributed by atoms with Crippen molar-refractivity contribution in [1.82, 2.24) is 4.72 Å². The van der Waals surface area contributed by atoms with E-state index in [9.17, 15) is 13.5 Å². The van der Waals surface area contributed by atoms with Gasteiger partial charge in [0.15, 0.2) is 0 Å². The van der Waals surface area contributed by atoms with Crippen LogP contribution in [-0.2, 0) is 14.8 Å². The number of hydrogen-bond donors (Lipinski definition) is 2. The van der Waals surface area contributed by atoms with Crippen molar-refractivity contribution in [3.05, 3.63) is 34.4 Å². The molecule has 23 heavy (non-hydrogen) atoms. The lowest BCUT2D eigenvalue weighted by atomic mass is 9.95. The number of aryl methyl sites for hydroxylation is 3. The van der Waals surface area contributed by atoms with E-state index in [-0.39, 0.29) is 19.0 Å². The van der Waals surface area contributed by atoms with Gasteiger partial charge in [-0.05, 0) is 56.2 Å². The normalized spacial score (nSPS) is 16.5. The summed E-state index contributed by atoms with van der Waals surface area (Å²) in [6.45, 7) is 6.44. The van der Waals surface area contributed by atoms with E-state index in [1.807, 2.05) is 32.9 Å². The van der Waals surface area contributed by atoms with Crippen molar-refractivity contribution in [3.63, 3.8) is 0 Å². The van der Waals surface area contributed by atoms with Gasteiger partial charge in [0.2, 0.25) is 10.0 Å². The first-order chi connectivity index (χ1) is 10.8. The van der Waals surface area contributed by atoms with Crippen molar-refractivity contribution in [2.45, 2.75) is 39.7 Å². The highest BCUT2D eigenvalue weighted by Gasteiger charge is 2.23. The summed E-state index contributed by atoms with van der Waals surface area (Å²) in [6, 6.07) is 3.37. The van der Waals surface area contributed by atoms with Crippen LogP contribution in [0.2, 0.25) is 0 Å². The number of nitrogens with one attached hydrogen (secondary N) is 1. The molecule has 1 saturated carbocycles. The maximum absolute atomic E-state index is 12.2. The van der Waals surface area contributed by atoms with Gasteiger partial charge in [-0.25, -0.2) is 13.1 Å². The van der Waals surface area contributed by atoms with E-state index in [2.05, 4.69) is 4.72 Å². The molecule has 1 fully saturated rings. The molecular weight excluding hydrogens is 314 g/mol. The Balaban J connectivity index is 1.99. The number of aliphatic hydroxyl groups excluding tert-OH is 1. The van der Waals surface area contributed by atoms with Gasteiger partial charge in [0.1, 0.15) is 0 Å². The van der Waals surface area contributed by atoms with E-state index in [1.165, 1.54) is 12.8 Å². The molecule has 1 aromatic rings. The zero-order valence-electron chi connectivity index (χ0n) is 14.1. The maximum atomic E-state index is 12.2. The largest absolute Gasteiger partial charge is 0.394 e. The van der Waals surface area contributed by atoms with E-state index in [0.29, 0.717) is 12.5 Å². The van der Waals surface area contributed by atoms with E-state index in [4.69, 9.17) is 4.74 Å². The van der Waals surface area contributed by atoms with Crippen LogP contribution < -0.4 is 4.72 Å². The van der Waals surface area contributed by atoms with Gasteiger partial charge in [0.25, 0.3) is 0 Å². The Bertz CT molecular complexity index is 615. The molecule has 1 atom stereocenters. The quantitative estimate of drug-likeness (QED) is 0.674. The van der Waals surface area contributed by atoms with Crippen molar-refractivity contribution < 1.29 is 18.3 Å². The van der Waals surface area contributed by atoms with E-state index < -0.39 is 16.1 Å². The fourth-order valence-electron chi connectivity index (χ4n) is 2.91. The van der Waals surface area contributed by atoms with Crippen LogP contribution in [0.3, 0.4) is 0 Å². The number of ether oxygens (including phenoxy) is 1. The lowest BCUT2D eigenvalue weighted by Crippen LogP contribution is -2.34. The van der Waals surface area contributed by atoms with Gasteiger partial charge in [-0.3, -0.25) is 0 Å². The molecule has 1 aliphatic rings. The molecule has 1 aromatic carbocycles. The third-order valence-electron chi connectivity index (χ3n) is 4.14. The molecule has 2 rings (SSSR count). The van der Waals surface area contributed by atoms with Crippen LogP contribution in [-0.4, -0.2) is 39.1 Å². The number of benzene rings is 1. The van der Waals surface area contributed by atoms with Crippen molar-refractivity contribution in [1.29, 1.82) is 0 Å². The summed E-state index contributed by atoms with van der Waals surface area (Å²) in [4.78, 5) is 0. The van der Waals surface area contributed by atoms with Crippen molar-refractivity contribution in [3.8, 4) is 0 Å². The maximum Gasteiger partial charge on any atom is 0.214 e. The molecule has 1 aliphatic carbocycles. The van der Waals surface area contributed by atoms with Gasteiger partial charge in [-0.2, -0.15) is 0 Å². The van der Waals surface area contributed by atoms with Crippen LogP contribution in [0.4, 0.5) is 0 Å². The molecule has 0 radical (unpaired) electrons. The van der Waals surface area contributed by atoms with Gasteiger partial charge in [0, 0.05) is 6.61 Å². The first kappa shape index (κ1) is 18.4. The molecule has 0 bridgehead atoms. The molecule has 5 nitrogen and oxygen atoms in total. The minimum Gasteiger partial charge on any atom is -0.394 e. The lowest BCUT2D eigenvalue weighted by Gasteiger charge is -2.21. The van der Waals surface area contributed by atoms with Crippen molar-refractivity contribution >= 4 is 10.0 Å². The smallest absolute Gasteiger partial charge is 0.214 e. The highest BCUT2D eigenvalue weighted by atomic mass is 32.2. The number of aliphatic hydroxyl groups is 1. The number of hydrogen-bond acceptors (Lipinski definition) is 4. The Hall–Kier alpha value is -0.950. The van der Waals surface area contributed by atoms with Gasteiger partial charge in [-0.15, -0.1) is 0 Å². The van der Waals surface area contributed by atoms with Gasteiger partial charge in [-0.1, -0.05) is 17.7 Å². The summed E-state index contributed by atoms with van der Waals surface area (Å²) in [5.74, 6) is 0.536. The predicted octanol–water partition coefficient (Wildman–Crippen LogP) is 1.99. The number of sulfonamides is 1. The average Bonchev–Trinajstić information content (AvgIpc) is 3.25. The molecule has 0 amide bonds. The van der Waals surface area contributed by atoms with Crippen LogP contribution >= 0.6 is 0 Å². The lowest BCUT2D eigenvalue weighted by molar-refractivity contribution is 0.138. The second-order valence-corrected chi connectivity index (χ2v) is 8.38. The predicted molar refractivity (Wildman–Crippen MR) is 90.9 cm³/mol. The fourth-order valence-corrected chi connectivity index (χ4v) is 3.99. The van der Waals surface area contributed by atoms with Crippen molar-refractivity contribution in [2.24, 2.45) is 5.92 Å². The highest BCUT2D eigenvalue weighted by molar-refractivity contribution is 7.89. The minimum absolute atomic E-state index is 0.0832. The summed E-state index contributed by atoms with van der Waals surface area (Å²) >= 11 is 0. The molecule has 0 aromatic heterocycles. The van der Waals surface area contributed by atoms with Gasteiger partial charge < -0.3 is 9.84 Å². The Labute approximate surface area is 139 Å². The van der Waals surface area contributed by atoms with E-state index >= 15 is 0 Å². The van der Waals surface area contributed by atoms with Crippen LogP contribution in [0.25, 0.3) is 0 Å². The fraction of sp³-hybridized carbons (Fsp3) is 0.647. The Kier molecular flexibility index (Phi) is 6.19. The monoisotopic (exact) mass is 341 g/mol. The Morgan fingerprint density at radius 1 is 1.26 bits per heavy atom. The molecule has 0 heterocycles. The van der Waals surface area contributed by atoms with Crippen LogP contribution in [0.5, 0.6) is 0 Å². The average molecular weight is 341 g/mol. The Morgan fingerprint density at radius 3 is 2.39 bits per heavy atom. The second-order valence-electron chi connectivity index (χ2n) is 6.50. The van der Waals surface area contributed by atoms with E-state index in [1.54, 1.807) is 0 Å². The first-order valence-electron chi connectivity index (χ1n) is 8.08. The standard InChI is InChI=1S/C17H27NO4S/c1-12-8-13(2)17(14(3)9-12)16(10-19)18-23(20,21)7-6-22-11-15-4-5-15/h8-9,15-16,18-19H,4-7,10-11H2,1-3H3. The summed E-state index contributed by atoms with van der Waals surface area (Å²) in [5, 5.41) is 9.66. The summed E-state index contributed by atoms with van der Waals surface area (Å²) in [5.41, 5.74) is 3.93. The number of rotatable bonds is 9. The zero-order chi connectivity index (χ0) is 17.0. The van der Waals surface area contributed by atoms with Crippen LogP contribution in [0.15, 0.2) is 12.1 Å². The van der Waals surface area contributed by atoms with Crippen LogP contribution in [0, 0.1) is 26.7 Å². The van der Waals surface area contributed by atoms with Gasteiger partial charge >= 0.3 is 0 Å². The third-order valence-corrected chi connectivity index (χ3v) is 5.49. The Morgan fingerprint density at radius 2 is 1.87 bits per heavy atom. The molecule has 0 spiro atoms. The first-order valence-corrected chi connectivity index (χ1v) is 9.74. The molecule has 2 N–H and O–H groups in total. The van der Waals surface area contributed by atoms with Crippen LogP contribution in [0.1, 0.15) is 41.1 Å². The molecule has 130 valence electrons. The summed E-state index contributed by atoms with van der Waals surface area (Å²) in [7, 11) is -3.50. The van der Waals surface area contributed by atoms with Gasteiger partial charge in [0.05, 0.1) is 25.0 Å². The third kappa shape index (κ3) is 5.57. The highest BCUT2D eigenvalue weighted by Crippen LogP contribution is 2.28. The second kappa shape index (κ2) is 7.75. The molecule has 1 unspecified atom stereocenters. The minimum atomic E-state index is -3.50.